The second-order valence-electron chi connectivity index (χ2n) is 1.80. The molecule has 0 saturated carbocycles. The number of hydrogen-bond donors (Lipinski definition) is 2. The monoisotopic (exact) mass is 198 g/mol. The Balaban J connectivity index is 0.000000424. The molecule has 0 heterocycles. The van der Waals surface area contributed by atoms with Gasteiger partial charge in [-0.1, -0.05) is 18.2 Å². The number of para-hydroxylation sites is 1. The summed E-state index contributed by atoms with van der Waals surface area (Å²) in [5.74, 6) is 0. The summed E-state index contributed by atoms with van der Waals surface area (Å²) < 4.78 is 15.7. The molecule has 1 aromatic carbocycles. The van der Waals surface area contributed by atoms with E-state index in [0.717, 1.165) is 0 Å². The first kappa shape index (κ1) is 11.6. The van der Waals surface area contributed by atoms with Gasteiger partial charge in [-0.15, -0.1) is 0 Å². The van der Waals surface area contributed by atoms with Gasteiger partial charge in [-0.2, -0.15) is 0 Å². The summed E-state index contributed by atoms with van der Waals surface area (Å²) in [4.78, 5) is 0.139. The molecule has 0 aliphatic heterocycles. The molecule has 0 fully saturated rings. The Morgan fingerprint density at radius 2 is 1.85 bits per heavy atom. The molecule has 2 N–H and O–H groups in total. The van der Waals surface area contributed by atoms with Gasteiger partial charge >= 0.3 is 23.4 Å². The zero-order valence-electron chi connectivity index (χ0n) is 6.57. The average molecular weight is 198 g/mol. The van der Waals surface area contributed by atoms with E-state index in [1.54, 1.807) is 30.3 Å². The van der Waals surface area contributed by atoms with E-state index in [0.29, 0.717) is 5.69 Å². The summed E-state index contributed by atoms with van der Waals surface area (Å²) in [7, 11) is 0. The van der Waals surface area contributed by atoms with Crippen molar-refractivity contribution >= 4 is 21.2 Å². The van der Waals surface area contributed by atoms with Gasteiger partial charge in [-0.25, -0.2) is 0 Å². The van der Waals surface area contributed by atoms with E-state index < -0.39 is 15.5 Å². The average Bonchev–Trinajstić information content (AvgIpc) is 2.19. The van der Waals surface area contributed by atoms with Crippen LogP contribution in [-0.4, -0.2) is 29.7 Å². The summed E-state index contributed by atoms with van der Waals surface area (Å²) in [5, 5.41) is 21.0. The molecule has 1 rings (SSSR count). The van der Waals surface area contributed by atoms with E-state index in [1.807, 2.05) is 0 Å². The summed E-state index contributed by atoms with van der Waals surface area (Å²) in [6.45, 7) is 0. The molecule has 0 atom stereocenters. The first-order chi connectivity index (χ1) is 6.26. The van der Waals surface area contributed by atoms with Crippen LogP contribution in [0.3, 0.4) is 0 Å². The van der Waals surface area contributed by atoms with Gasteiger partial charge in [0.15, 0.2) is 0 Å². The molecule has 68 valence electrons. The minimum atomic E-state index is -1.50. The predicted octanol–water partition coefficient (Wildman–Crippen LogP) is 0.613. The Morgan fingerprint density at radius 3 is 2.23 bits per heavy atom. The van der Waals surface area contributed by atoms with Crippen LogP contribution in [-0.2, 0) is 3.80 Å². The molecular weight excluding hydrogens is 191 g/mol. The van der Waals surface area contributed by atoms with E-state index in [1.165, 1.54) is 0 Å². The van der Waals surface area contributed by atoms with Crippen LogP contribution in [0, 0.1) is 5.21 Å². The van der Waals surface area contributed by atoms with Crippen LogP contribution in [0.5, 0.6) is 0 Å². The molecule has 0 saturated heterocycles. The first-order valence-corrected chi connectivity index (χ1v) is 4.20. The molecule has 0 amide bonds. The fourth-order valence-electron chi connectivity index (χ4n) is 0.607. The minimum absolute atomic E-state index is 0.139. The summed E-state index contributed by atoms with van der Waals surface area (Å²) in [6, 6.07) is 8.24. The quantitative estimate of drug-likeness (QED) is 0.299. The van der Waals surface area contributed by atoms with Crippen molar-refractivity contribution in [2.75, 3.05) is 0 Å². The Morgan fingerprint density at radius 1 is 1.38 bits per heavy atom. The second kappa shape index (κ2) is 7.21. The van der Waals surface area contributed by atoms with E-state index in [4.69, 9.17) is 13.2 Å². The van der Waals surface area contributed by atoms with Gasteiger partial charge in [0.05, 0.1) is 0 Å². The summed E-state index contributed by atoms with van der Waals surface area (Å²) in [5.41, 5.74) is 0.310. The molecule has 0 aromatic heterocycles. The van der Waals surface area contributed by atoms with E-state index in [9.17, 15) is 5.21 Å². The van der Waals surface area contributed by atoms with Crippen molar-refractivity contribution in [1.29, 1.82) is 0 Å². The van der Waals surface area contributed by atoms with E-state index in [2.05, 4.69) is 5.28 Å². The van der Waals surface area contributed by atoms with E-state index in [-0.39, 0.29) is 4.86 Å². The van der Waals surface area contributed by atoms with Crippen molar-refractivity contribution in [2.24, 2.45) is 5.28 Å². The fourth-order valence-corrected chi connectivity index (χ4v) is 0.607. The molecule has 0 unspecified atom stereocenters. The van der Waals surface area contributed by atoms with Gasteiger partial charge < -0.3 is 10.4 Å². The Bertz CT molecular complexity index is 277. The maximum absolute atomic E-state index is 10.5. The summed E-state index contributed by atoms with van der Waals surface area (Å²) >= 11 is -1.50. The molecule has 0 radical (unpaired) electrons. The van der Waals surface area contributed by atoms with Gasteiger partial charge in [0, 0.05) is 12.1 Å². The molecule has 6 nitrogen and oxygen atoms in total. The zero-order chi connectivity index (χ0) is 10.1. The topological polar surface area (TPSA) is 96.0 Å². The maximum atomic E-state index is 10.5. The molecule has 1 aromatic rings. The fraction of sp³-hybridized carbons (Fsp3) is 0. The number of hydrogen-bond acceptors (Lipinski definition) is 3. The third-order valence-electron chi connectivity index (χ3n) is 1.06. The van der Waals surface area contributed by atoms with Crippen molar-refractivity contribution in [1.82, 2.24) is 0 Å². The standard InChI is InChI=1S/C6H6N2O2.Al.H2O.O/c9-7-8(10)6-4-2-1-3-5-6;;;/h1-5,9H;;1H2;/q;+1;;/p-1. The van der Waals surface area contributed by atoms with Crippen molar-refractivity contribution in [2.45, 2.75) is 0 Å². The first-order valence-electron chi connectivity index (χ1n) is 3.21. The molecule has 0 aliphatic rings. The van der Waals surface area contributed by atoms with Crippen LogP contribution >= 0.6 is 0 Å². The van der Waals surface area contributed by atoms with Gasteiger partial charge in [0.25, 0.3) is 0 Å². The van der Waals surface area contributed by atoms with Crippen LogP contribution in [0.25, 0.3) is 0 Å². The van der Waals surface area contributed by atoms with Crippen LogP contribution < -0.4 is 0 Å². The molecular formula is C6H7AlN2O4. The Labute approximate surface area is 80.6 Å². The number of nitrogens with zero attached hydrogens (tertiary/aromatic N) is 2. The molecule has 0 aliphatic carbocycles. The van der Waals surface area contributed by atoms with Crippen LogP contribution in [0.2, 0.25) is 0 Å². The molecule has 7 heteroatoms. The number of benzene rings is 1. The Hall–Kier alpha value is -1.45. The van der Waals surface area contributed by atoms with Gasteiger partial charge in [0.1, 0.15) is 0 Å². The molecule has 0 spiro atoms. The predicted molar refractivity (Wildman–Crippen MR) is 42.6 cm³/mol. The Kier molecular flexibility index (Phi) is 6.41. The van der Waals surface area contributed by atoms with Gasteiger partial charge in [0.2, 0.25) is 11.0 Å². The molecule has 13 heavy (non-hydrogen) atoms. The van der Waals surface area contributed by atoms with Crippen LogP contribution in [0.4, 0.5) is 5.69 Å². The number of rotatable bonds is 1. The van der Waals surface area contributed by atoms with Crippen molar-refractivity contribution in [3.05, 3.63) is 35.5 Å². The van der Waals surface area contributed by atoms with Gasteiger partial charge in [-0.3, -0.25) is 0 Å². The normalized spacial score (nSPS) is 9.38. The van der Waals surface area contributed by atoms with Crippen LogP contribution in [0.1, 0.15) is 0 Å². The van der Waals surface area contributed by atoms with Crippen LogP contribution in [0.15, 0.2) is 35.6 Å². The second-order valence-corrected chi connectivity index (χ2v) is 2.01. The van der Waals surface area contributed by atoms with E-state index >= 15 is 0 Å². The third-order valence-corrected chi connectivity index (χ3v) is 1.06. The van der Waals surface area contributed by atoms with Crippen molar-refractivity contribution in [3.63, 3.8) is 0 Å². The van der Waals surface area contributed by atoms with Crippen molar-refractivity contribution in [3.8, 4) is 0 Å². The summed E-state index contributed by atoms with van der Waals surface area (Å²) in [6.07, 6.45) is 0. The molecule has 0 bridgehead atoms. The van der Waals surface area contributed by atoms with Crippen molar-refractivity contribution < 1.29 is 18.0 Å². The van der Waals surface area contributed by atoms with Gasteiger partial charge in [-0.05, 0) is 4.86 Å². The SMILES string of the molecule is [O-][N+](=NO)c1ccccc1.[O]=[Al][OH]. The third kappa shape index (κ3) is 4.90. The zero-order valence-corrected chi connectivity index (χ0v) is 7.72.